The molecule has 0 rings (SSSR count). The summed E-state index contributed by atoms with van der Waals surface area (Å²) in [5, 5.41) is -1.06. The molecule has 6 heteroatoms. The fourth-order valence-electron chi connectivity index (χ4n) is 2.47. The van der Waals surface area contributed by atoms with Gasteiger partial charge >= 0.3 is 39.7 Å². The van der Waals surface area contributed by atoms with Gasteiger partial charge < -0.3 is 0 Å². The molecule has 0 aliphatic rings. The molecular weight excluding hydrogens is 335 g/mol. The van der Waals surface area contributed by atoms with Gasteiger partial charge in [0.25, 0.3) is 5.12 Å². The van der Waals surface area contributed by atoms with Crippen molar-refractivity contribution in [2.45, 2.75) is 96.8 Å². The standard InChI is InChI=1S/C18H34O4S.Na.H/c1-2-3-4-5-6-7-8-9-10-11-12-13-14-15-16-17-18(19)23(20,21)22;;/h9-10H,2-8,11-17H2,1H3,(H,20,21,22);;/b10-9-;;. The average molecular weight is 371 g/mol. The van der Waals surface area contributed by atoms with Crippen LogP contribution in [-0.4, -0.2) is 47.6 Å². The molecule has 0 aromatic heterocycles. The Morgan fingerprint density at radius 2 is 1.21 bits per heavy atom. The van der Waals surface area contributed by atoms with Gasteiger partial charge in [0.15, 0.2) is 0 Å². The molecule has 0 saturated carbocycles. The van der Waals surface area contributed by atoms with Crippen molar-refractivity contribution in [1.82, 2.24) is 0 Å². The van der Waals surface area contributed by atoms with Crippen molar-refractivity contribution in [2.75, 3.05) is 0 Å². The van der Waals surface area contributed by atoms with E-state index in [0.29, 0.717) is 6.42 Å². The quantitative estimate of drug-likeness (QED) is 0.195. The summed E-state index contributed by atoms with van der Waals surface area (Å²) in [5.74, 6) is 0. The van der Waals surface area contributed by atoms with Crippen molar-refractivity contribution in [1.29, 1.82) is 0 Å². The van der Waals surface area contributed by atoms with Gasteiger partial charge in [-0.1, -0.05) is 70.4 Å². The molecule has 0 atom stereocenters. The maximum absolute atomic E-state index is 11.0. The van der Waals surface area contributed by atoms with E-state index in [1.165, 1.54) is 44.9 Å². The summed E-state index contributed by atoms with van der Waals surface area (Å²) in [6, 6.07) is 0. The van der Waals surface area contributed by atoms with Gasteiger partial charge in [-0.15, -0.1) is 0 Å². The van der Waals surface area contributed by atoms with Crippen molar-refractivity contribution in [2.24, 2.45) is 0 Å². The topological polar surface area (TPSA) is 71.4 Å². The van der Waals surface area contributed by atoms with Crippen LogP contribution >= 0.6 is 0 Å². The Hall–Kier alpha value is 0.320. The summed E-state index contributed by atoms with van der Waals surface area (Å²) in [7, 11) is -4.47. The van der Waals surface area contributed by atoms with Crippen LogP contribution in [0.3, 0.4) is 0 Å². The molecule has 1 N–H and O–H groups in total. The maximum atomic E-state index is 11.0. The monoisotopic (exact) mass is 370 g/mol. The van der Waals surface area contributed by atoms with E-state index in [4.69, 9.17) is 4.55 Å². The molecule has 0 bridgehead atoms. The van der Waals surface area contributed by atoms with Crippen LogP contribution in [0.1, 0.15) is 96.8 Å². The number of carbonyl (C=O) groups excluding carboxylic acids is 1. The SMILES string of the molecule is CCCCCCCC/C=C\CCCCCCCC(=O)S(=O)(=O)O.[NaH]. The van der Waals surface area contributed by atoms with Crippen LogP contribution in [0.5, 0.6) is 0 Å². The molecule has 0 aromatic carbocycles. The second-order valence-electron chi connectivity index (χ2n) is 6.18. The molecule has 0 radical (unpaired) electrons. The normalized spacial score (nSPS) is 11.6. The second-order valence-corrected chi connectivity index (χ2v) is 7.59. The number of rotatable bonds is 15. The molecule has 0 fully saturated rings. The molecule has 0 spiro atoms. The summed E-state index contributed by atoms with van der Waals surface area (Å²) in [4.78, 5) is 11.0. The minimum atomic E-state index is -4.47. The van der Waals surface area contributed by atoms with E-state index in [1.807, 2.05) is 0 Å². The van der Waals surface area contributed by atoms with Crippen LogP contribution in [0.2, 0.25) is 0 Å². The van der Waals surface area contributed by atoms with Crippen molar-refractivity contribution in [3.63, 3.8) is 0 Å². The number of unbranched alkanes of at least 4 members (excludes halogenated alkanes) is 11. The Bertz CT molecular complexity index is 419. The van der Waals surface area contributed by atoms with Crippen molar-refractivity contribution in [3.8, 4) is 0 Å². The Labute approximate surface area is 170 Å². The Morgan fingerprint density at radius 1 is 0.792 bits per heavy atom. The minimum absolute atomic E-state index is 0. The van der Waals surface area contributed by atoms with Gasteiger partial charge in [0.05, 0.1) is 0 Å². The van der Waals surface area contributed by atoms with E-state index < -0.39 is 15.2 Å². The first-order valence-electron chi connectivity index (χ1n) is 9.13. The summed E-state index contributed by atoms with van der Waals surface area (Å²) in [6.07, 6.45) is 19.4. The summed E-state index contributed by atoms with van der Waals surface area (Å²) < 4.78 is 29.5. The van der Waals surface area contributed by atoms with Crippen LogP contribution in [0.15, 0.2) is 12.2 Å². The predicted octanol–water partition coefficient (Wildman–Crippen LogP) is 4.79. The molecule has 138 valence electrons. The van der Waals surface area contributed by atoms with Gasteiger partial charge in [-0.2, -0.15) is 8.42 Å². The van der Waals surface area contributed by atoms with Gasteiger partial charge in [0.2, 0.25) is 0 Å². The first-order valence-corrected chi connectivity index (χ1v) is 10.6. The van der Waals surface area contributed by atoms with Gasteiger partial charge in [-0.05, 0) is 32.1 Å². The number of hydrogen-bond donors (Lipinski definition) is 1. The van der Waals surface area contributed by atoms with E-state index in [0.717, 1.165) is 32.1 Å². The average Bonchev–Trinajstić information content (AvgIpc) is 2.50. The van der Waals surface area contributed by atoms with Crippen LogP contribution in [-0.2, 0) is 14.9 Å². The van der Waals surface area contributed by atoms with Gasteiger partial charge in [0.1, 0.15) is 0 Å². The number of carbonyl (C=O) groups is 1. The Morgan fingerprint density at radius 3 is 1.67 bits per heavy atom. The molecular formula is C18H35NaO4S. The van der Waals surface area contributed by atoms with E-state index in [-0.39, 0.29) is 36.0 Å². The first kappa shape index (κ1) is 26.5. The second kappa shape index (κ2) is 18.1. The van der Waals surface area contributed by atoms with Gasteiger partial charge in [-0.25, -0.2) is 0 Å². The van der Waals surface area contributed by atoms with E-state index in [1.54, 1.807) is 0 Å². The number of allylic oxidation sites excluding steroid dienone is 2. The van der Waals surface area contributed by atoms with Crippen LogP contribution in [0.4, 0.5) is 0 Å². The number of hydrogen-bond acceptors (Lipinski definition) is 3. The summed E-state index contributed by atoms with van der Waals surface area (Å²) in [6.45, 7) is 2.24. The molecule has 0 saturated heterocycles. The zero-order valence-corrected chi connectivity index (χ0v) is 15.5. The molecule has 4 nitrogen and oxygen atoms in total. The van der Waals surface area contributed by atoms with Crippen LogP contribution < -0.4 is 0 Å². The van der Waals surface area contributed by atoms with Crippen molar-refractivity contribution < 1.29 is 17.8 Å². The third-order valence-electron chi connectivity index (χ3n) is 3.93. The third-order valence-corrected chi connectivity index (χ3v) is 4.71. The van der Waals surface area contributed by atoms with Crippen molar-refractivity contribution in [3.05, 3.63) is 12.2 Å². The van der Waals surface area contributed by atoms with Gasteiger partial charge in [-0.3, -0.25) is 9.35 Å². The molecule has 0 unspecified atom stereocenters. The molecule has 24 heavy (non-hydrogen) atoms. The Balaban J connectivity index is 0. The van der Waals surface area contributed by atoms with E-state index in [2.05, 4.69) is 19.1 Å². The molecule has 0 amide bonds. The molecule has 0 aliphatic heterocycles. The predicted molar refractivity (Wildman–Crippen MR) is 103 cm³/mol. The summed E-state index contributed by atoms with van der Waals surface area (Å²) >= 11 is 0. The summed E-state index contributed by atoms with van der Waals surface area (Å²) in [5.41, 5.74) is 0. The van der Waals surface area contributed by atoms with Crippen molar-refractivity contribution >= 4 is 44.8 Å². The fraction of sp³-hybridized carbons (Fsp3) is 0.833. The van der Waals surface area contributed by atoms with E-state index >= 15 is 0 Å². The third kappa shape index (κ3) is 18.7. The molecule has 0 heterocycles. The Kier molecular flexibility index (Phi) is 20.0. The zero-order valence-electron chi connectivity index (χ0n) is 14.6. The van der Waals surface area contributed by atoms with Gasteiger partial charge in [0, 0.05) is 6.42 Å². The molecule has 0 aromatic rings. The van der Waals surface area contributed by atoms with Crippen LogP contribution in [0, 0.1) is 0 Å². The molecule has 0 aliphatic carbocycles. The van der Waals surface area contributed by atoms with Crippen LogP contribution in [0.25, 0.3) is 0 Å². The first-order chi connectivity index (χ1) is 11.0. The van der Waals surface area contributed by atoms with E-state index in [9.17, 15) is 13.2 Å². The zero-order chi connectivity index (χ0) is 17.4. The fourth-order valence-corrected chi connectivity index (χ4v) is 2.87.